The Bertz CT molecular complexity index is 555. The topological polar surface area (TPSA) is 89.3 Å². The van der Waals surface area contributed by atoms with Crippen molar-refractivity contribution >= 4 is 44.6 Å². The number of amides is 1. The molecule has 0 radical (unpaired) electrons. The quantitative estimate of drug-likeness (QED) is 0.862. The number of carbonyl (C=O) groups is 1. The van der Waals surface area contributed by atoms with E-state index in [0.29, 0.717) is 0 Å². The summed E-state index contributed by atoms with van der Waals surface area (Å²) in [5.41, 5.74) is 5.88. The summed E-state index contributed by atoms with van der Waals surface area (Å²) in [6, 6.07) is 3.85. The van der Waals surface area contributed by atoms with Crippen LogP contribution in [0.2, 0.25) is 10.0 Å². The minimum Gasteiger partial charge on any atom is -0.322 e. The normalized spacial score (nSPS) is 13.1. The molecule has 0 saturated carbocycles. The molecular formula is C11H14Cl2N2O3S. The second kappa shape index (κ2) is 6.56. The van der Waals surface area contributed by atoms with E-state index < -0.39 is 21.8 Å². The van der Waals surface area contributed by atoms with Crippen molar-refractivity contribution in [2.45, 2.75) is 12.5 Å². The van der Waals surface area contributed by atoms with Gasteiger partial charge in [0.1, 0.15) is 9.84 Å². The maximum atomic E-state index is 11.8. The van der Waals surface area contributed by atoms with Gasteiger partial charge in [-0.15, -0.1) is 0 Å². The number of halogens is 2. The summed E-state index contributed by atoms with van der Waals surface area (Å²) in [5, 5.41) is 3.07. The molecule has 0 aromatic heterocycles. The summed E-state index contributed by atoms with van der Waals surface area (Å²) in [5.74, 6) is -0.684. The first kappa shape index (κ1) is 16.2. The summed E-state index contributed by atoms with van der Waals surface area (Å²) in [6.07, 6.45) is 1.12. The van der Waals surface area contributed by atoms with Gasteiger partial charge < -0.3 is 11.1 Å². The van der Waals surface area contributed by atoms with Crippen LogP contribution in [0.1, 0.15) is 6.42 Å². The van der Waals surface area contributed by atoms with E-state index in [2.05, 4.69) is 5.32 Å². The van der Waals surface area contributed by atoms with E-state index in [1.54, 1.807) is 18.2 Å². The first-order valence-electron chi connectivity index (χ1n) is 5.39. The van der Waals surface area contributed by atoms with Crippen LogP contribution in [0.3, 0.4) is 0 Å². The number of nitrogens with two attached hydrogens (primary N) is 1. The Hall–Kier alpha value is -0.820. The van der Waals surface area contributed by atoms with E-state index in [4.69, 9.17) is 28.9 Å². The molecule has 1 aromatic carbocycles. The Morgan fingerprint density at radius 1 is 1.37 bits per heavy atom. The number of carbonyl (C=O) groups excluding carboxylic acids is 1. The highest BCUT2D eigenvalue weighted by Crippen LogP contribution is 2.29. The Morgan fingerprint density at radius 3 is 2.37 bits per heavy atom. The number of rotatable bonds is 5. The fraction of sp³-hybridized carbons (Fsp3) is 0.364. The zero-order valence-electron chi connectivity index (χ0n) is 10.2. The predicted molar refractivity (Wildman–Crippen MR) is 77.4 cm³/mol. The first-order valence-corrected chi connectivity index (χ1v) is 8.20. The van der Waals surface area contributed by atoms with Crippen LogP contribution in [0, 0.1) is 0 Å². The van der Waals surface area contributed by atoms with Gasteiger partial charge in [0.2, 0.25) is 5.91 Å². The summed E-state index contributed by atoms with van der Waals surface area (Å²) >= 11 is 11.8. The average molecular weight is 325 g/mol. The van der Waals surface area contributed by atoms with E-state index >= 15 is 0 Å². The first-order chi connectivity index (χ1) is 8.70. The number of hydrogen-bond acceptors (Lipinski definition) is 4. The SMILES string of the molecule is CS(=O)(=O)CCC(N)C(=O)Nc1c(Cl)cccc1Cl. The molecule has 0 spiro atoms. The zero-order valence-corrected chi connectivity index (χ0v) is 12.5. The van der Waals surface area contributed by atoms with Crippen LogP contribution in [0.15, 0.2) is 18.2 Å². The molecule has 1 unspecified atom stereocenters. The van der Waals surface area contributed by atoms with Gasteiger partial charge in [-0.3, -0.25) is 4.79 Å². The molecule has 8 heteroatoms. The van der Waals surface area contributed by atoms with Crippen LogP contribution in [-0.2, 0) is 14.6 Å². The molecule has 0 fully saturated rings. The Morgan fingerprint density at radius 2 is 1.89 bits per heavy atom. The van der Waals surface area contributed by atoms with Crippen LogP contribution >= 0.6 is 23.2 Å². The maximum Gasteiger partial charge on any atom is 0.241 e. The summed E-state index contributed by atoms with van der Waals surface area (Å²) < 4.78 is 22.0. The number of sulfone groups is 1. The molecule has 1 aromatic rings. The molecule has 1 rings (SSSR count). The highest BCUT2D eigenvalue weighted by Gasteiger charge is 2.18. The van der Waals surface area contributed by atoms with Gasteiger partial charge in [-0.25, -0.2) is 8.42 Å². The Kier molecular flexibility index (Phi) is 5.61. The van der Waals surface area contributed by atoms with Crippen LogP contribution in [-0.4, -0.2) is 32.4 Å². The van der Waals surface area contributed by atoms with Gasteiger partial charge >= 0.3 is 0 Å². The van der Waals surface area contributed by atoms with Crippen molar-refractivity contribution in [1.82, 2.24) is 0 Å². The number of nitrogens with one attached hydrogen (secondary N) is 1. The third-order valence-corrected chi connectivity index (χ3v) is 3.95. The third kappa shape index (κ3) is 5.36. The van der Waals surface area contributed by atoms with Gasteiger partial charge in [0.25, 0.3) is 0 Å². The number of benzene rings is 1. The third-order valence-electron chi connectivity index (χ3n) is 2.35. The van der Waals surface area contributed by atoms with Gasteiger partial charge in [-0.05, 0) is 18.6 Å². The van der Waals surface area contributed by atoms with Gasteiger partial charge in [0.15, 0.2) is 0 Å². The molecular weight excluding hydrogens is 311 g/mol. The maximum absolute atomic E-state index is 11.8. The predicted octanol–water partition coefficient (Wildman–Crippen LogP) is 1.69. The molecule has 0 saturated heterocycles. The van der Waals surface area contributed by atoms with Crippen LogP contribution in [0.4, 0.5) is 5.69 Å². The van der Waals surface area contributed by atoms with Crippen molar-refractivity contribution in [3.63, 3.8) is 0 Å². The molecule has 0 bridgehead atoms. The van der Waals surface area contributed by atoms with Crippen molar-refractivity contribution in [2.75, 3.05) is 17.3 Å². The summed E-state index contributed by atoms with van der Waals surface area (Å²) in [4.78, 5) is 11.8. The van der Waals surface area contributed by atoms with Crippen LogP contribution in [0.25, 0.3) is 0 Å². The minimum absolute atomic E-state index is 0.0345. The molecule has 19 heavy (non-hydrogen) atoms. The van der Waals surface area contributed by atoms with E-state index in [0.717, 1.165) is 6.26 Å². The number of para-hydroxylation sites is 1. The molecule has 0 aliphatic heterocycles. The van der Waals surface area contributed by atoms with E-state index in [9.17, 15) is 13.2 Å². The minimum atomic E-state index is -3.15. The second-order valence-corrected chi connectivity index (χ2v) is 7.19. The molecule has 1 atom stereocenters. The zero-order chi connectivity index (χ0) is 14.6. The average Bonchev–Trinajstić information content (AvgIpc) is 2.29. The Labute approximate surface area is 122 Å². The van der Waals surface area contributed by atoms with E-state index in [1.165, 1.54) is 0 Å². The molecule has 5 nitrogen and oxygen atoms in total. The lowest BCUT2D eigenvalue weighted by atomic mass is 10.2. The molecule has 0 aliphatic carbocycles. The molecule has 1 amide bonds. The fourth-order valence-corrected chi connectivity index (χ4v) is 2.48. The number of anilines is 1. The Balaban J connectivity index is 2.69. The standard InChI is InChI=1S/C11H14Cl2N2O3S/c1-19(17,18)6-5-9(14)11(16)15-10-7(12)3-2-4-8(10)13/h2-4,9H,5-6,14H2,1H3,(H,15,16). The summed E-state index contributed by atoms with van der Waals surface area (Å²) in [7, 11) is -3.15. The van der Waals surface area contributed by atoms with Crippen LogP contribution < -0.4 is 11.1 Å². The fourth-order valence-electron chi connectivity index (χ4n) is 1.31. The highest BCUT2D eigenvalue weighted by atomic mass is 35.5. The molecule has 3 N–H and O–H groups in total. The molecule has 106 valence electrons. The highest BCUT2D eigenvalue weighted by molar-refractivity contribution is 7.90. The largest absolute Gasteiger partial charge is 0.322 e. The lowest BCUT2D eigenvalue weighted by Crippen LogP contribution is -2.37. The molecule has 0 heterocycles. The monoisotopic (exact) mass is 324 g/mol. The van der Waals surface area contributed by atoms with Crippen LogP contribution in [0.5, 0.6) is 0 Å². The second-order valence-electron chi connectivity index (χ2n) is 4.11. The van der Waals surface area contributed by atoms with Crippen molar-refractivity contribution < 1.29 is 13.2 Å². The van der Waals surface area contributed by atoms with Crippen molar-refractivity contribution in [2.24, 2.45) is 5.73 Å². The summed E-state index contributed by atoms with van der Waals surface area (Å²) in [6.45, 7) is 0. The van der Waals surface area contributed by atoms with Crippen molar-refractivity contribution in [3.8, 4) is 0 Å². The lowest BCUT2D eigenvalue weighted by Gasteiger charge is -2.13. The van der Waals surface area contributed by atoms with Crippen molar-refractivity contribution in [3.05, 3.63) is 28.2 Å². The van der Waals surface area contributed by atoms with Crippen molar-refractivity contribution in [1.29, 1.82) is 0 Å². The lowest BCUT2D eigenvalue weighted by molar-refractivity contribution is -0.117. The van der Waals surface area contributed by atoms with E-state index in [-0.39, 0.29) is 27.9 Å². The van der Waals surface area contributed by atoms with E-state index in [1.807, 2.05) is 0 Å². The van der Waals surface area contributed by atoms with Gasteiger partial charge in [0, 0.05) is 6.26 Å². The van der Waals surface area contributed by atoms with Gasteiger partial charge in [-0.2, -0.15) is 0 Å². The van der Waals surface area contributed by atoms with Gasteiger partial charge in [-0.1, -0.05) is 29.3 Å². The van der Waals surface area contributed by atoms with Gasteiger partial charge in [0.05, 0.1) is 27.5 Å². The molecule has 0 aliphatic rings. The smallest absolute Gasteiger partial charge is 0.241 e. The number of hydrogen-bond donors (Lipinski definition) is 2.